The Balaban J connectivity index is 2.08. The fourth-order valence-corrected chi connectivity index (χ4v) is 4.55. The van der Waals surface area contributed by atoms with E-state index in [-0.39, 0.29) is 12.3 Å². The fraction of sp³-hybridized carbons (Fsp3) is 0.529. The summed E-state index contributed by atoms with van der Waals surface area (Å²) in [6.45, 7) is 5.69. The molecule has 0 saturated heterocycles. The van der Waals surface area contributed by atoms with Crippen LogP contribution < -0.4 is 15.5 Å². The second-order valence-electron chi connectivity index (χ2n) is 5.99. The van der Waals surface area contributed by atoms with Gasteiger partial charge in [0.05, 0.1) is 4.90 Å². The molecule has 0 atom stereocenters. The summed E-state index contributed by atoms with van der Waals surface area (Å²) in [5, 5.41) is 4.56. The molecular weight excluding hydrogens is 356 g/mol. The minimum atomic E-state index is -3.48. The summed E-state index contributed by atoms with van der Waals surface area (Å²) < 4.78 is 26.7. The predicted octanol–water partition coefficient (Wildman–Crippen LogP) is 0.925. The van der Waals surface area contributed by atoms with Crippen LogP contribution in [-0.2, 0) is 21.2 Å². The average Bonchev–Trinajstić information content (AvgIpc) is 3.03. The van der Waals surface area contributed by atoms with Gasteiger partial charge in [-0.25, -0.2) is 13.2 Å². The molecule has 1 aliphatic heterocycles. The van der Waals surface area contributed by atoms with Crippen LogP contribution in [0.3, 0.4) is 0 Å². The van der Waals surface area contributed by atoms with E-state index in [1.165, 1.54) is 11.4 Å². The maximum atomic E-state index is 12.6. The third-order valence-corrected chi connectivity index (χ3v) is 6.52. The van der Waals surface area contributed by atoms with E-state index in [9.17, 15) is 18.0 Å². The molecule has 2 rings (SSSR count). The molecule has 3 amide bonds. The predicted molar refractivity (Wildman–Crippen MR) is 99.7 cm³/mol. The lowest BCUT2D eigenvalue weighted by atomic mass is 10.2. The van der Waals surface area contributed by atoms with Gasteiger partial charge < -0.3 is 10.2 Å². The number of fused-ring (bicyclic) bond motifs is 1. The minimum Gasteiger partial charge on any atom is -0.370 e. The van der Waals surface area contributed by atoms with Crippen LogP contribution >= 0.6 is 0 Å². The lowest BCUT2D eigenvalue weighted by Gasteiger charge is -2.21. The summed E-state index contributed by atoms with van der Waals surface area (Å²) >= 11 is 0. The zero-order valence-corrected chi connectivity index (χ0v) is 16.2. The van der Waals surface area contributed by atoms with Crippen molar-refractivity contribution in [3.63, 3.8) is 0 Å². The molecule has 8 nitrogen and oxygen atoms in total. The van der Waals surface area contributed by atoms with E-state index in [0.29, 0.717) is 24.5 Å². The lowest BCUT2D eigenvalue weighted by molar-refractivity contribution is -0.119. The first-order chi connectivity index (χ1) is 12.3. The van der Waals surface area contributed by atoms with Gasteiger partial charge in [0.1, 0.15) is 0 Å². The molecular formula is C17H26N4O4S. The molecule has 0 saturated carbocycles. The number of nitrogens with one attached hydrogen (secondary N) is 2. The highest BCUT2D eigenvalue weighted by Crippen LogP contribution is 2.31. The number of benzene rings is 1. The molecule has 0 aromatic heterocycles. The van der Waals surface area contributed by atoms with E-state index in [2.05, 4.69) is 10.6 Å². The van der Waals surface area contributed by atoms with Gasteiger partial charge in [0, 0.05) is 45.3 Å². The summed E-state index contributed by atoms with van der Waals surface area (Å²) in [4.78, 5) is 25.2. The molecule has 0 radical (unpaired) electrons. The highest BCUT2D eigenvalue weighted by molar-refractivity contribution is 7.89. The van der Waals surface area contributed by atoms with Crippen molar-refractivity contribution >= 4 is 27.6 Å². The fourth-order valence-electron chi connectivity index (χ4n) is 3.04. The number of amides is 3. The number of hydrogen-bond acceptors (Lipinski definition) is 5. The standard InChI is InChI=1S/C17H26N4O4S/c1-4-21(5-2)26(24,25)14-6-7-15-13(12-14)8-10-20(15)11-9-16(22)19-17(23)18-3/h6-7,12H,4-5,8-11H2,1-3H3,(H2,18,19,22,23). The number of carbonyl (C=O) groups is 2. The van der Waals surface area contributed by atoms with Crippen LogP contribution in [0.4, 0.5) is 10.5 Å². The smallest absolute Gasteiger partial charge is 0.321 e. The Labute approximate surface area is 154 Å². The summed E-state index contributed by atoms with van der Waals surface area (Å²) in [5.41, 5.74) is 1.90. The van der Waals surface area contributed by atoms with Crippen molar-refractivity contribution in [1.29, 1.82) is 0 Å². The zero-order valence-electron chi connectivity index (χ0n) is 15.4. The van der Waals surface area contributed by atoms with Gasteiger partial charge >= 0.3 is 6.03 Å². The van der Waals surface area contributed by atoms with E-state index in [1.54, 1.807) is 18.2 Å². The second-order valence-corrected chi connectivity index (χ2v) is 7.93. The Morgan fingerprint density at radius 2 is 1.92 bits per heavy atom. The minimum absolute atomic E-state index is 0.187. The highest BCUT2D eigenvalue weighted by atomic mass is 32.2. The van der Waals surface area contributed by atoms with Crippen LogP contribution in [-0.4, -0.2) is 57.9 Å². The van der Waals surface area contributed by atoms with Gasteiger partial charge in [0.25, 0.3) is 0 Å². The van der Waals surface area contributed by atoms with Crippen molar-refractivity contribution in [2.45, 2.75) is 31.6 Å². The molecule has 0 spiro atoms. The molecule has 1 heterocycles. The molecule has 0 aliphatic carbocycles. The number of imide groups is 1. The van der Waals surface area contributed by atoms with Gasteiger partial charge in [-0.2, -0.15) is 4.31 Å². The Morgan fingerprint density at radius 3 is 2.54 bits per heavy atom. The summed E-state index contributed by atoms with van der Waals surface area (Å²) in [5.74, 6) is -0.349. The Bertz CT molecular complexity index is 775. The summed E-state index contributed by atoms with van der Waals surface area (Å²) in [7, 11) is -2.03. The van der Waals surface area contributed by atoms with Gasteiger partial charge in [0.2, 0.25) is 15.9 Å². The number of urea groups is 1. The van der Waals surface area contributed by atoms with E-state index in [1.807, 2.05) is 18.7 Å². The first-order valence-corrected chi connectivity index (χ1v) is 10.2. The maximum absolute atomic E-state index is 12.6. The van der Waals surface area contributed by atoms with Crippen LogP contribution in [0.15, 0.2) is 23.1 Å². The Morgan fingerprint density at radius 1 is 1.23 bits per heavy atom. The number of nitrogens with zero attached hydrogens (tertiary/aromatic N) is 2. The normalized spacial score (nSPS) is 13.6. The van der Waals surface area contributed by atoms with Crippen molar-refractivity contribution < 1.29 is 18.0 Å². The first kappa shape index (κ1) is 20.2. The summed E-state index contributed by atoms with van der Waals surface area (Å²) in [6, 6.07) is 4.63. The van der Waals surface area contributed by atoms with E-state index < -0.39 is 16.1 Å². The molecule has 1 aromatic carbocycles. The Kier molecular flexibility index (Phi) is 6.60. The lowest BCUT2D eigenvalue weighted by Crippen LogP contribution is -2.39. The average molecular weight is 382 g/mol. The summed E-state index contributed by atoms with van der Waals surface area (Å²) in [6.07, 6.45) is 0.917. The third-order valence-electron chi connectivity index (χ3n) is 4.47. The van der Waals surface area contributed by atoms with E-state index in [0.717, 1.165) is 24.2 Å². The van der Waals surface area contributed by atoms with Crippen molar-refractivity contribution in [3.05, 3.63) is 23.8 Å². The van der Waals surface area contributed by atoms with Crippen molar-refractivity contribution in [1.82, 2.24) is 14.9 Å². The number of hydrogen-bond donors (Lipinski definition) is 2. The van der Waals surface area contributed by atoms with E-state index >= 15 is 0 Å². The van der Waals surface area contributed by atoms with Gasteiger partial charge in [-0.3, -0.25) is 10.1 Å². The zero-order chi connectivity index (χ0) is 19.3. The van der Waals surface area contributed by atoms with Crippen molar-refractivity contribution in [2.75, 3.05) is 38.1 Å². The third kappa shape index (κ3) is 4.34. The maximum Gasteiger partial charge on any atom is 0.321 e. The van der Waals surface area contributed by atoms with Gasteiger partial charge in [-0.15, -0.1) is 0 Å². The van der Waals surface area contributed by atoms with E-state index in [4.69, 9.17) is 0 Å². The van der Waals surface area contributed by atoms with Gasteiger partial charge in [-0.05, 0) is 30.2 Å². The largest absolute Gasteiger partial charge is 0.370 e. The van der Waals surface area contributed by atoms with Gasteiger partial charge in [-0.1, -0.05) is 13.8 Å². The number of rotatable bonds is 7. The second kappa shape index (κ2) is 8.50. The van der Waals surface area contributed by atoms with Crippen LogP contribution in [0.2, 0.25) is 0 Å². The Hall–Kier alpha value is -2.13. The SMILES string of the molecule is CCN(CC)S(=O)(=O)c1ccc2c(c1)CCN2CCC(=O)NC(=O)NC. The molecule has 0 fully saturated rings. The molecule has 9 heteroatoms. The molecule has 2 N–H and O–H groups in total. The van der Waals surface area contributed by atoms with Crippen LogP contribution in [0.1, 0.15) is 25.8 Å². The molecule has 1 aliphatic rings. The number of carbonyl (C=O) groups excluding carboxylic acids is 2. The molecule has 1 aromatic rings. The van der Waals surface area contributed by atoms with Crippen LogP contribution in [0, 0.1) is 0 Å². The molecule has 0 unspecified atom stereocenters. The number of anilines is 1. The van der Waals surface area contributed by atoms with Crippen LogP contribution in [0.25, 0.3) is 0 Å². The quantitative estimate of drug-likeness (QED) is 0.731. The monoisotopic (exact) mass is 382 g/mol. The van der Waals surface area contributed by atoms with Gasteiger partial charge in [0.15, 0.2) is 0 Å². The molecule has 26 heavy (non-hydrogen) atoms. The van der Waals surface area contributed by atoms with Crippen molar-refractivity contribution in [3.8, 4) is 0 Å². The highest BCUT2D eigenvalue weighted by Gasteiger charge is 2.26. The molecule has 144 valence electrons. The topological polar surface area (TPSA) is 98.8 Å². The van der Waals surface area contributed by atoms with Crippen LogP contribution in [0.5, 0.6) is 0 Å². The number of sulfonamides is 1. The molecule has 0 bridgehead atoms. The first-order valence-electron chi connectivity index (χ1n) is 8.73. The van der Waals surface area contributed by atoms with Crippen molar-refractivity contribution in [2.24, 2.45) is 0 Å².